The fourth-order valence-electron chi connectivity index (χ4n) is 19.7. The molecule has 0 aromatic heterocycles. The van der Waals surface area contributed by atoms with Crippen LogP contribution in [0.25, 0.3) is 164 Å². The highest BCUT2D eigenvalue weighted by molar-refractivity contribution is 6.01. The van der Waals surface area contributed by atoms with Gasteiger partial charge in [-0.15, -0.1) is 0 Å². The number of hydrogen-bond acceptors (Lipinski definition) is 0. The van der Waals surface area contributed by atoms with Crippen LogP contribution in [0.2, 0.25) is 0 Å². The Bertz CT molecular complexity index is 8630. The average Bonchev–Trinajstić information content (AvgIpc) is 0.797. The van der Waals surface area contributed by atoms with Crippen molar-refractivity contribution < 1.29 is 0 Å². The molecule has 0 heteroatoms. The third kappa shape index (κ3) is 28.9. The van der Waals surface area contributed by atoms with Gasteiger partial charge < -0.3 is 0 Å². The number of hydrogen-bond donors (Lipinski definition) is 0. The molecule has 25 aromatic rings. The molecule has 0 aliphatic heterocycles. The second kappa shape index (κ2) is 52.6. The summed E-state index contributed by atoms with van der Waals surface area (Å²) >= 11 is 0. The summed E-state index contributed by atoms with van der Waals surface area (Å²) in [7, 11) is 0. The Morgan fingerprint density at radius 3 is 0.867 bits per heavy atom. The van der Waals surface area contributed by atoms with E-state index in [0.29, 0.717) is 0 Å². The number of benzene rings is 25. The van der Waals surface area contributed by atoms with Crippen LogP contribution in [0.1, 0.15) is 99.2 Å². The predicted octanol–water partition coefficient (Wildman–Crippen LogP) is 42.9. The van der Waals surface area contributed by atoms with E-state index in [-0.39, 0.29) is 0 Å². The molecule has 0 heterocycles. The lowest BCUT2D eigenvalue weighted by molar-refractivity contribution is 0.443. The van der Waals surface area contributed by atoms with Crippen molar-refractivity contribution in [2.24, 2.45) is 0 Å². The van der Waals surface area contributed by atoms with Crippen LogP contribution in [0.5, 0.6) is 0 Å². The van der Waals surface area contributed by atoms with Crippen molar-refractivity contribution in [1.82, 2.24) is 0 Å². The van der Waals surface area contributed by atoms with Crippen molar-refractivity contribution in [1.29, 1.82) is 0 Å². The molecule has 0 spiro atoms. The smallest absolute Gasteiger partial charge is 0.0103 e. The quantitative estimate of drug-likeness (QED) is 0.142. The van der Waals surface area contributed by atoms with E-state index in [1.807, 2.05) is 12.1 Å². The SMILES string of the molecule is Cc1ccc(-c2ccc3ccccc3c2)cc1.Cc1ccc(-c2cccc3ccccc23)cc1.Cc1ccc(-c2ccccc2)c2ccccc12.Cc1ccc(-c2ccccc2)cc1.Cc1ccc2cc(-c3ccccc3)ccc2c1.Cc1ccc2ccccc2c1.Cc1cccc(-c2ccc3ccccc3c2)c1.Cc1cccc(-c2cccc3ccccc23)c1.Cc1cccc(C2CCCCC2)c1.Cc1cccc2ccccc12. The summed E-state index contributed by atoms with van der Waals surface area (Å²) in [5.74, 6) is 0.855. The normalized spacial score (nSPS) is 11.2. The first-order valence-electron chi connectivity index (χ1n) is 52.9. The van der Waals surface area contributed by atoms with Crippen LogP contribution in [0.3, 0.4) is 0 Å². The molecule has 25 aromatic carbocycles. The molecule has 1 fully saturated rings. The van der Waals surface area contributed by atoms with Crippen molar-refractivity contribution in [3.05, 3.63) is 625 Å². The van der Waals surface area contributed by atoms with Crippen molar-refractivity contribution in [3.8, 4) is 77.9 Å². The van der Waals surface area contributed by atoms with Gasteiger partial charge in [0.2, 0.25) is 0 Å². The van der Waals surface area contributed by atoms with Gasteiger partial charge in [0.15, 0.2) is 0 Å². The lowest BCUT2D eigenvalue weighted by atomic mass is 9.84. The molecule has 0 nitrogen and oxygen atoms in total. The first-order valence-corrected chi connectivity index (χ1v) is 52.9. The summed E-state index contributed by atoms with van der Waals surface area (Å²) in [6, 6.07) is 200. The van der Waals surface area contributed by atoms with Gasteiger partial charge in [0, 0.05) is 0 Å². The zero-order chi connectivity index (χ0) is 104. The summed E-state index contributed by atoms with van der Waals surface area (Å²) in [4.78, 5) is 0. The summed E-state index contributed by atoms with van der Waals surface area (Å²) in [6.07, 6.45) is 7.12. The second-order valence-electron chi connectivity index (χ2n) is 39.5. The van der Waals surface area contributed by atoms with Gasteiger partial charge >= 0.3 is 0 Å². The van der Waals surface area contributed by atoms with Gasteiger partial charge in [-0.1, -0.05) is 610 Å². The third-order valence-electron chi connectivity index (χ3n) is 28.0. The zero-order valence-corrected chi connectivity index (χ0v) is 88.3. The maximum atomic E-state index is 2.36. The standard InChI is InChI=1S/6C17H14.C13H18.C13H12.2C11H10/c1-13-6-4-9-15(12-13)17-11-5-8-14-7-2-3-10-16(14)17;1-13-5-4-8-15(11-13)17-10-9-14-6-2-3-7-16(14)12-17;1-13-9-11-15(12-10-13)17-8-4-6-14-5-2-3-7-16(14)17;1-13-11-12-16(14-7-3-2-4-8-14)17-10-6-5-9-15(13)17;1-13-6-8-15(9-7-13)17-11-10-14-4-2-3-5-16(14)12-17;1-13-7-8-17-12-16(10-9-15(17)11-13)14-5-3-2-4-6-14;1-11-6-5-9-13(10-11)12-7-3-2-4-8-12;1-11-7-9-13(10-8-11)12-5-3-2-4-6-12;1-9-5-4-7-10-6-2-3-8-11(9)10;1-9-6-7-10-4-2-3-5-11(10)8-9/h6*2-12H,1H3;5-6,9-10,12H,2-4,7-8H2,1H3;2-10H,1H3;2*2-8H,1H3. The second-order valence-corrected chi connectivity index (χ2v) is 39.5. The van der Waals surface area contributed by atoms with E-state index in [4.69, 9.17) is 0 Å². The molecule has 0 radical (unpaired) electrons. The molecule has 0 amide bonds. The molecule has 0 atom stereocenters. The highest BCUT2D eigenvalue weighted by Crippen LogP contribution is 2.37. The van der Waals surface area contributed by atoms with Crippen LogP contribution in [0, 0.1) is 69.2 Å². The Morgan fingerprint density at radius 2 is 0.387 bits per heavy atom. The minimum absolute atomic E-state index is 0.855. The van der Waals surface area contributed by atoms with Crippen molar-refractivity contribution in [2.75, 3.05) is 0 Å². The minimum Gasteiger partial charge on any atom is -0.0622 e. The van der Waals surface area contributed by atoms with Crippen LogP contribution in [-0.4, -0.2) is 0 Å². The summed E-state index contributed by atoms with van der Waals surface area (Å²) in [5.41, 5.74) is 32.8. The van der Waals surface area contributed by atoms with Gasteiger partial charge in [-0.2, -0.15) is 0 Å². The maximum Gasteiger partial charge on any atom is -0.0103 e. The fraction of sp³-hybridized carbons (Fsp3) is 0.107. The third-order valence-corrected chi connectivity index (χ3v) is 28.0. The Morgan fingerprint density at radius 1 is 0.127 bits per heavy atom. The molecule has 1 aliphatic carbocycles. The Labute approximate surface area is 890 Å². The van der Waals surface area contributed by atoms with Gasteiger partial charge in [0.05, 0.1) is 0 Å². The maximum absolute atomic E-state index is 2.36. The minimum atomic E-state index is 0.855. The molecule has 0 saturated heterocycles. The molecular formula is C150H134. The summed E-state index contributed by atoms with van der Waals surface area (Å²) < 4.78 is 0. The van der Waals surface area contributed by atoms with Gasteiger partial charge in [-0.3, -0.25) is 0 Å². The molecule has 1 saturated carbocycles. The molecule has 0 unspecified atom stereocenters. The van der Waals surface area contributed by atoms with Crippen LogP contribution >= 0.6 is 0 Å². The molecule has 1 aliphatic rings. The largest absolute Gasteiger partial charge is 0.0622 e. The van der Waals surface area contributed by atoms with E-state index in [9.17, 15) is 0 Å². The van der Waals surface area contributed by atoms with E-state index in [1.54, 1.807) is 5.56 Å². The van der Waals surface area contributed by atoms with Crippen LogP contribution in [-0.2, 0) is 0 Å². The molecule has 0 N–H and O–H groups in total. The van der Waals surface area contributed by atoms with Crippen LogP contribution in [0.15, 0.2) is 564 Å². The summed E-state index contributed by atoms with van der Waals surface area (Å²) in [5, 5.41) is 21.0. The van der Waals surface area contributed by atoms with E-state index in [1.165, 1.54) is 252 Å². The molecule has 734 valence electrons. The fourth-order valence-corrected chi connectivity index (χ4v) is 19.7. The lowest BCUT2D eigenvalue weighted by Crippen LogP contribution is -2.04. The monoisotopic (exact) mass is 1940 g/mol. The van der Waals surface area contributed by atoms with Gasteiger partial charge in [-0.05, 0) is 287 Å². The number of fused-ring (bicyclic) bond motifs is 8. The molecular weight excluding hydrogens is 1800 g/mol. The van der Waals surface area contributed by atoms with Crippen molar-refractivity contribution in [3.63, 3.8) is 0 Å². The van der Waals surface area contributed by atoms with E-state index in [0.717, 1.165) is 5.92 Å². The zero-order valence-electron chi connectivity index (χ0n) is 88.3. The Balaban J connectivity index is 0.000000114. The van der Waals surface area contributed by atoms with E-state index < -0.39 is 0 Å². The van der Waals surface area contributed by atoms with Crippen molar-refractivity contribution >= 4 is 86.2 Å². The average molecular weight is 1940 g/mol. The topological polar surface area (TPSA) is 0 Å². The van der Waals surface area contributed by atoms with Crippen LogP contribution in [0.4, 0.5) is 0 Å². The Hall–Kier alpha value is -17.4. The first-order chi connectivity index (χ1) is 73.5. The molecule has 0 bridgehead atoms. The molecule has 26 rings (SSSR count). The highest BCUT2D eigenvalue weighted by atomic mass is 14.2. The van der Waals surface area contributed by atoms with Crippen molar-refractivity contribution in [2.45, 2.75) is 107 Å². The lowest BCUT2D eigenvalue weighted by Gasteiger charge is -2.22. The number of aryl methyl sites for hydroxylation is 10. The van der Waals surface area contributed by atoms with E-state index >= 15 is 0 Å². The van der Waals surface area contributed by atoms with Crippen LogP contribution < -0.4 is 0 Å². The first kappa shape index (κ1) is 104. The highest BCUT2D eigenvalue weighted by Gasteiger charge is 2.16. The predicted molar refractivity (Wildman–Crippen MR) is 656 cm³/mol. The number of rotatable bonds is 8. The molecule has 150 heavy (non-hydrogen) atoms. The van der Waals surface area contributed by atoms with Gasteiger partial charge in [-0.25, -0.2) is 0 Å². The Kier molecular flexibility index (Phi) is 36.4. The van der Waals surface area contributed by atoms with Gasteiger partial charge in [0.1, 0.15) is 0 Å². The van der Waals surface area contributed by atoms with E-state index in [2.05, 4.69) is 621 Å². The van der Waals surface area contributed by atoms with Gasteiger partial charge in [0.25, 0.3) is 0 Å². The summed E-state index contributed by atoms with van der Waals surface area (Å²) in [6.45, 7) is 21.3.